The molecular formula is C18H18N4O3. The molecule has 0 aliphatic rings. The molecule has 0 radical (unpaired) electrons. The summed E-state index contributed by atoms with van der Waals surface area (Å²) in [6.07, 6.45) is 0.191. The molecule has 1 heterocycles. The van der Waals surface area contributed by atoms with Crippen molar-refractivity contribution >= 4 is 22.5 Å². The minimum atomic E-state index is -0.436. The molecule has 0 saturated carbocycles. The van der Waals surface area contributed by atoms with E-state index >= 15 is 0 Å². The fourth-order valence-corrected chi connectivity index (χ4v) is 2.76. The number of carbonyl (C=O) groups is 1. The second-order valence-electron chi connectivity index (χ2n) is 5.93. The van der Waals surface area contributed by atoms with Crippen LogP contribution in [-0.4, -0.2) is 33.0 Å². The highest BCUT2D eigenvalue weighted by Gasteiger charge is 2.20. The van der Waals surface area contributed by atoms with Gasteiger partial charge in [0, 0.05) is 24.6 Å². The summed E-state index contributed by atoms with van der Waals surface area (Å²) < 4.78 is 0. The number of likely N-dealkylation sites (N-methyl/N-ethyl adjacent to an activating group) is 1. The van der Waals surface area contributed by atoms with Crippen LogP contribution in [-0.2, 0) is 11.2 Å². The molecule has 1 amide bonds. The van der Waals surface area contributed by atoms with Crippen LogP contribution in [0.3, 0.4) is 0 Å². The van der Waals surface area contributed by atoms with Crippen LogP contribution in [0.2, 0.25) is 0 Å². The van der Waals surface area contributed by atoms with Gasteiger partial charge in [-0.3, -0.25) is 20.0 Å². The van der Waals surface area contributed by atoms with E-state index in [-0.39, 0.29) is 24.1 Å². The standard InChI is InChI=1S/C18H18N4O3/c1-12(13-6-5-7-14(10-13)22(24)25)21(2)18(23)11-17-15-8-3-4-9-16(15)19-20-17/h3-10,12H,11H2,1-2H3,(H,19,20)/t12-/m0/s1. The highest BCUT2D eigenvalue weighted by Crippen LogP contribution is 2.24. The molecule has 3 rings (SSSR count). The number of aromatic nitrogens is 2. The van der Waals surface area contributed by atoms with Gasteiger partial charge in [0.2, 0.25) is 5.91 Å². The van der Waals surface area contributed by atoms with Crippen molar-refractivity contribution in [3.63, 3.8) is 0 Å². The maximum absolute atomic E-state index is 12.6. The summed E-state index contributed by atoms with van der Waals surface area (Å²) in [5, 5.41) is 19.0. The number of fused-ring (bicyclic) bond motifs is 1. The van der Waals surface area contributed by atoms with Crippen molar-refractivity contribution < 1.29 is 9.72 Å². The number of carbonyl (C=O) groups excluding carboxylic acids is 1. The molecule has 1 N–H and O–H groups in total. The first-order valence-corrected chi connectivity index (χ1v) is 7.89. The number of rotatable bonds is 5. The third-order valence-corrected chi connectivity index (χ3v) is 4.41. The third kappa shape index (κ3) is 3.35. The maximum atomic E-state index is 12.6. The normalized spacial score (nSPS) is 12.1. The summed E-state index contributed by atoms with van der Waals surface area (Å²) in [6, 6.07) is 13.7. The first-order valence-electron chi connectivity index (χ1n) is 7.89. The van der Waals surface area contributed by atoms with Crippen LogP contribution in [0.5, 0.6) is 0 Å². The number of non-ortho nitro benzene ring substituents is 1. The third-order valence-electron chi connectivity index (χ3n) is 4.41. The summed E-state index contributed by atoms with van der Waals surface area (Å²) in [7, 11) is 1.70. The van der Waals surface area contributed by atoms with Crippen LogP contribution in [0.1, 0.15) is 24.2 Å². The van der Waals surface area contributed by atoms with Gasteiger partial charge in [0.1, 0.15) is 0 Å². The molecule has 0 unspecified atom stereocenters. The number of amides is 1. The lowest BCUT2D eigenvalue weighted by Gasteiger charge is -2.25. The Morgan fingerprint density at radius 1 is 1.28 bits per heavy atom. The van der Waals surface area contributed by atoms with Gasteiger partial charge >= 0.3 is 0 Å². The Morgan fingerprint density at radius 3 is 2.80 bits per heavy atom. The molecule has 0 aliphatic carbocycles. The molecule has 0 spiro atoms. The van der Waals surface area contributed by atoms with Crippen LogP contribution in [0, 0.1) is 10.1 Å². The molecule has 0 bridgehead atoms. The summed E-state index contributed by atoms with van der Waals surface area (Å²) >= 11 is 0. The number of para-hydroxylation sites is 1. The predicted molar refractivity (Wildman–Crippen MR) is 94.1 cm³/mol. The van der Waals surface area contributed by atoms with E-state index < -0.39 is 4.92 Å². The highest BCUT2D eigenvalue weighted by atomic mass is 16.6. The number of benzene rings is 2. The van der Waals surface area contributed by atoms with E-state index in [1.54, 1.807) is 24.1 Å². The van der Waals surface area contributed by atoms with E-state index in [2.05, 4.69) is 10.2 Å². The Hall–Kier alpha value is -3.22. The van der Waals surface area contributed by atoms with E-state index in [1.807, 2.05) is 31.2 Å². The molecule has 0 saturated heterocycles. The minimum Gasteiger partial charge on any atom is -0.339 e. The molecule has 25 heavy (non-hydrogen) atoms. The summed E-state index contributed by atoms with van der Waals surface area (Å²) in [5.41, 5.74) is 2.32. The molecule has 128 valence electrons. The maximum Gasteiger partial charge on any atom is 0.269 e. The van der Waals surface area contributed by atoms with Gasteiger partial charge in [-0.25, -0.2) is 0 Å². The first-order chi connectivity index (χ1) is 12.0. The molecule has 7 nitrogen and oxygen atoms in total. The van der Waals surface area contributed by atoms with Crippen molar-refractivity contribution in [3.8, 4) is 0 Å². The largest absolute Gasteiger partial charge is 0.339 e. The van der Waals surface area contributed by atoms with Crippen molar-refractivity contribution in [1.82, 2.24) is 15.1 Å². The SMILES string of the molecule is C[C@@H](c1cccc([N+](=O)[O-])c1)N(C)C(=O)Cc1[nH]nc2ccccc12. The van der Waals surface area contributed by atoms with Crippen LogP contribution in [0.4, 0.5) is 5.69 Å². The second-order valence-corrected chi connectivity index (χ2v) is 5.93. The van der Waals surface area contributed by atoms with Crippen molar-refractivity contribution in [2.45, 2.75) is 19.4 Å². The van der Waals surface area contributed by atoms with E-state index in [0.29, 0.717) is 0 Å². The predicted octanol–water partition coefficient (Wildman–Crippen LogP) is 3.23. The number of H-pyrrole nitrogens is 1. The van der Waals surface area contributed by atoms with Crippen LogP contribution in [0.15, 0.2) is 48.5 Å². The van der Waals surface area contributed by atoms with Crippen molar-refractivity contribution in [3.05, 3.63) is 69.9 Å². The number of nitrogens with zero attached hydrogens (tertiary/aromatic N) is 3. The fourth-order valence-electron chi connectivity index (χ4n) is 2.76. The summed E-state index contributed by atoms with van der Waals surface area (Å²) in [4.78, 5) is 24.7. The van der Waals surface area contributed by atoms with Gasteiger partial charge in [0.05, 0.1) is 28.6 Å². The van der Waals surface area contributed by atoms with Gasteiger partial charge < -0.3 is 4.90 Å². The first kappa shape index (κ1) is 16.6. The Labute approximate surface area is 144 Å². The van der Waals surface area contributed by atoms with Crippen LogP contribution < -0.4 is 0 Å². The molecular weight excluding hydrogens is 320 g/mol. The van der Waals surface area contributed by atoms with Crippen molar-refractivity contribution in [1.29, 1.82) is 0 Å². The second kappa shape index (κ2) is 6.72. The zero-order valence-electron chi connectivity index (χ0n) is 14.0. The lowest BCUT2D eigenvalue weighted by molar-refractivity contribution is -0.384. The molecule has 3 aromatic rings. The average molecular weight is 338 g/mol. The van der Waals surface area contributed by atoms with Crippen LogP contribution in [0.25, 0.3) is 10.9 Å². The Bertz CT molecular complexity index is 935. The highest BCUT2D eigenvalue weighted by molar-refractivity contribution is 5.87. The Balaban J connectivity index is 1.77. The number of nitro benzene ring substituents is 1. The van der Waals surface area contributed by atoms with Gasteiger partial charge in [-0.2, -0.15) is 5.10 Å². The smallest absolute Gasteiger partial charge is 0.269 e. The number of nitrogens with one attached hydrogen (secondary N) is 1. The van der Waals surface area contributed by atoms with E-state index in [4.69, 9.17) is 0 Å². The lowest BCUT2D eigenvalue weighted by Crippen LogP contribution is -2.31. The van der Waals surface area contributed by atoms with Gasteiger partial charge in [0.15, 0.2) is 0 Å². The minimum absolute atomic E-state index is 0.0183. The van der Waals surface area contributed by atoms with E-state index in [9.17, 15) is 14.9 Å². The van der Waals surface area contributed by atoms with Gasteiger partial charge in [-0.15, -0.1) is 0 Å². The Morgan fingerprint density at radius 2 is 2.04 bits per heavy atom. The van der Waals surface area contributed by atoms with Gasteiger partial charge in [-0.05, 0) is 18.6 Å². The number of hydrogen-bond donors (Lipinski definition) is 1. The van der Waals surface area contributed by atoms with E-state index in [0.717, 1.165) is 22.2 Å². The van der Waals surface area contributed by atoms with Crippen LogP contribution >= 0.6 is 0 Å². The number of hydrogen-bond acceptors (Lipinski definition) is 4. The number of aromatic amines is 1. The summed E-state index contributed by atoms with van der Waals surface area (Å²) in [5.74, 6) is -0.0894. The Kier molecular flexibility index (Phi) is 4.47. The quantitative estimate of drug-likeness (QED) is 0.571. The van der Waals surface area contributed by atoms with E-state index in [1.165, 1.54) is 12.1 Å². The molecule has 7 heteroatoms. The average Bonchev–Trinajstić information content (AvgIpc) is 3.03. The van der Waals surface area contributed by atoms with Crippen molar-refractivity contribution in [2.24, 2.45) is 0 Å². The monoisotopic (exact) mass is 338 g/mol. The fraction of sp³-hybridized carbons (Fsp3) is 0.222. The molecule has 0 aliphatic heterocycles. The van der Waals surface area contributed by atoms with Crippen molar-refractivity contribution in [2.75, 3.05) is 7.05 Å². The molecule has 2 aromatic carbocycles. The molecule has 1 aromatic heterocycles. The van der Waals surface area contributed by atoms with Gasteiger partial charge in [-0.1, -0.05) is 30.3 Å². The van der Waals surface area contributed by atoms with Gasteiger partial charge in [0.25, 0.3) is 5.69 Å². The molecule has 0 fully saturated rings. The molecule has 1 atom stereocenters. The number of nitro groups is 1. The zero-order chi connectivity index (χ0) is 18.0. The lowest BCUT2D eigenvalue weighted by atomic mass is 10.1. The summed E-state index contributed by atoms with van der Waals surface area (Å²) in [6.45, 7) is 1.85. The zero-order valence-corrected chi connectivity index (χ0v) is 14.0. The topological polar surface area (TPSA) is 92.1 Å².